The Hall–Kier alpha value is -2.66. The van der Waals surface area contributed by atoms with Crippen LogP contribution in [0.25, 0.3) is 0 Å². The molecule has 2 aromatic rings. The van der Waals surface area contributed by atoms with Crippen LogP contribution in [-0.4, -0.2) is 41.5 Å². The normalized spacial score (nSPS) is 16.5. The van der Waals surface area contributed by atoms with E-state index in [9.17, 15) is 14.7 Å². The molecule has 1 N–H and O–H groups in total. The van der Waals surface area contributed by atoms with Crippen molar-refractivity contribution in [3.05, 3.63) is 65.2 Å². The molecule has 5 nitrogen and oxygen atoms in total. The van der Waals surface area contributed by atoms with Gasteiger partial charge in [0.25, 0.3) is 0 Å². The number of benzene rings is 2. The molecule has 29 heavy (non-hydrogen) atoms. The van der Waals surface area contributed by atoms with Gasteiger partial charge in [0.2, 0.25) is 11.8 Å². The minimum Gasteiger partial charge on any atom is -0.395 e. The van der Waals surface area contributed by atoms with Crippen molar-refractivity contribution in [1.29, 1.82) is 0 Å². The highest BCUT2D eigenvalue weighted by Gasteiger charge is 2.37. The third-order valence-electron chi connectivity index (χ3n) is 5.65. The van der Waals surface area contributed by atoms with Crippen molar-refractivity contribution >= 4 is 17.5 Å². The molecule has 2 amide bonds. The van der Waals surface area contributed by atoms with Gasteiger partial charge in [0.15, 0.2) is 0 Å². The summed E-state index contributed by atoms with van der Waals surface area (Å²) in [6.45, 7) is 7.27. The maximum absolute atomic E-state index is 13.2. The Labute approximate surface area is 172 Å². The SMILES string of the molecule is Cc1ccccc1CN(CCO)C(=O)C1CC(=O)N(c2ccc(C(C)C)cc2)C1. The number of hydrogen-bond donors (Lipinski definition) is 1. The fourth-order valence-electron chi connectivity index (χ4n) is 3.80. The maximum atomic E-state index is 13.2. The van der Waals surface area contributed by atoms with E-state index < -0.39 is 0 Å². The zero-order chi connectivity index (χ0) is 21.0. The van der Waals surface area contributed by atoms with E-state index in [0.29, 0.717) is 19.0 Å². The van der Waals surface area contributed by atoms with Gasteiger partial charge in [0.1, 0.15) is 0 Å². The van der Waals surface area contributed by atoms with Gasteiger partial charge in [0, 0.05) is 31.7 Å². The first-order valence-electron chi connectivity index (χ1n) is 10.2. The van der Waals surface area contributed by atoms with Crippen LogP contribution < -0.4 is 4.90 Å². The third kappa shape index (κ3) is 4.85. The topological polar surface area (TPSA) is 60.9 Å². The standard InChI is InChI=1S/C24H30N2O3/c1-17(2)19-8-10-22(11-9-19)26-16-21(14-23(26)28)24(29)25(12-13-27)15-20-7-5-4-6-18(20)3/h4-11,17,21,27H,12-16H2,1-3H3. The lowest BCUT2D eigenvalue weighted by molar-refractivity contribution is -0.136. The molecule has 0 aromatic heterocycles. The summed E-state index contributed by atoms with van der Waals surface area (Å²) in [6, 6.07) is 15.9. The van der Waals surface area contributed by atoms with Crippen LogP contribution in [0.4, 0.5) is 5.69 Å². The molecular formula is C24H30N2O3. The van der Waals surface area contributed by atoms with E-state index in [0.717, 1.165) is 16.8 Å². The van der Waals surface area contributed by atoms with Crippen molar-refractivity contribution in [2.45, 2.75) is 39.7 Å². The quantitative estimate of drug-likeness (QED) is 0.782. The minimum atomic E-state index is -0.386. The number of aliphatic hydroxyl groups is 1. The Morgan fingerprint density at radius 1 is 1.17 bits per heavy atom. The van der Waals surface area contributed by atoms with Gasteiger partial charge in [-0.1, -0.05) is 50.2 Å². The molecule has 1 heterocycles. The fraction of sp³-hybridized carbons (Fsp3) is 0.417. The summed E-state index contributed by atoms with van der Waals surface area (Å²) in [5.74, 6) is -0.0542. The summed E-state index contributed by atoms with van der Waals surface area (Å²) >= 11 is 0. The summed E-state index contributed by atoms with van der Waals surface area (Å²) in [4.78, 5) is 29.1. The number of hydrogen-bond acceptors (Lipinski definition) is 3. The van der Waals surface area contributed by atoms with Crippen LogP contribution in [0.5, 0.6) is 0 Å². The third-order valence-corrected chi connectivity index (χ3v) is 5.65. The molecule has 1 atom stereocenters. The molecule has 1 saturated heterocycles. The van der Waals surface area contributed by atoms with Crippen LogP contribution in [0.2, 0.25) is 0 Å². The Kier molecular flexibility index (Phi) is 6.70. The number of carbonyl (C=O) groups excluding carboxylic acids is 2. The Balaban J connectivity index is 1.72. The van der Waals surface area contributed by atoms with Crippen molar-refractivity contribution in [1.82, 2.24) is 4.90 Å². The van der Waals surface area contributed by atoms with Crippen molar-refractivity contribution in [2.75, 3.05) is 24.6 Å². The number of aliphatic hydroxyl groups excluding tert-OH is 1. The summed E-state index contributed by atoms with van der Waals surface area (Å²) in [6.07, 6.45) is 0.209. The average molecular weight is 395 g/mol. The second kappa shape index (κ2) is 9.23. The molecule has 1 aliphatic heterocycles. The number of rotatable bonds is 7. The number of amides is 2. The molecular weight excluding hydrogens is 364 g/mol. The first-order valence-corrected chi connectivity index (χ1v) is 10.2. The lowest BCUT2D eigenvalue weighted by Gasteiger charge is -2.26. The average Bonchev–Trinajstić information content (AvgIpc) is 3.10. The van der Waals surface area contributed by atoms with E-state index in [-0.39, 0.29) is 37.3 Å². The van der Waals surface area contributed by atoms with Gasteiger partial charge in [0.05, 0.1) is 12.5 Å². The monoisotopic (exact) mass is 394 g/mol. The minimum absolute atomic E-state index is 0.0273. The van der Waals surface area contributed by atoms with E-state index in [2.05, 4.69) is 13.8 Å². The van der Waals surface area contributed by atoms with E-state index in [1.807, 2.05) is 55.5 Å². The number of aryl methyl sites for hydroxylation is 1. The van der Waals surface area contributed by atoms with E-state index in [1.165, 1.54) is 5.56 Å². The van der Waals surface area contributed by atoms with Crippen molar-refractivity contribution in [3.8, 4) is 0 Å². The van der Waals surface area contributed by atoms with Gasteiger partial charge in [-0.15, -0.1) is 0 Å². The fourth-order valence-corrected chi connectivity index (χ4v) is 3.80. The molecule has 0 bridgehead atoms. The number of nitrogens with zero attached hydrogens (tertiary/aromatic N) is 2. The molecule has 1 unspecified atom stereocenters. The molecule has 2 aromatic carbocycles. The lowest BCUT2D eigenvalue weighted by atomic mass is 10.0. The molecule has 3 rings (SSSR count). The lowest BCUT2D eigenvalue weighted by Crippen LogP contribution is -2.39. The van der Waals surface area contributed by atoms with Crippen LogP contribution >= 0.6 is 0 Å². The van der Waals surface area contributed by atoms with Crippen LogP contribution in [0, 0.1) is 12.8 Å². The van der Waals surface area contributed by atoms with Crippen LogP contribution in [0.1, 0.15) is 42.9 Å². The zero-order valence-electron chi connectivity index (χ0n) is 17.5. The van der Waals surface area contributed by atoms with Crippen molar-refractivity contribution < 1.29 is 14.7 Å². The van der Waals surface area contributed by atoms with Crippen molar-refractivity contribution in [2.24, 2.45) is 5.92 Å². The summed E-state index contributed by atoms with van der Waals surface area (Å²) < 4.78 is 0. The number of carbonyl (C=O) groups is 2. The number of anilines is 1. The second-order valence-electron chi connectivity index (χ2n) is 8.06. The van der Waals surface area contributed by atoms with Gasteiger partial charge in [-0.05, 0) is 41.7 Å². The molecule has 0 saturated carbocycles. The molecule has 5 heteroatoms. The first-order chi connectivity index (χ1) is 13.9. The van der Waals surface area contributed by atoms with E-state index in [4.69, 9.17) is 0 Å². The second-order valence-corrected chi connectivity index (χ2v) is 8.06. The van der Waals surface area contributed by atoms with Gasteiger partial charge >= 0.3 is 0 Å². The summed E-state index contributed by atoms with van der Waals surface area (Å²) in [5.41, 5.74) is 4.22. The van der Waals surface area contributed by atoms with Gasteiger partial charge in [-0.3, -0.25) is 9.59 Å². The molecule has 1 aliphatic rings. The Morgan fingerprint density at radius 3 is 2.48 bits per heavy atom. The molecule has 1 fully saturated rings. The highest BCUT2D eigenvalue weighted by atomic mass is 16.3. The molecule has 0 spiro atoms. The zero-order valence-corrected chi connectivity index (χ0v) is 17.5. The highest BCUT2D eigenvalue weighted by Crippen LogP contribution is 2.28. The Bertz CT molecular complexity index is 861. The summed E-state index contributed by atoms with van der Waals surface area (Å²) in [5, 5.41) is 9.46. The predicted molar refractivity (Wildman–Crippen MR) is 115 cm³/mol. The van der Waals surface area contributed by atoms with Gasteiger partial charge in [-0.2, -0.15) is 0 Å². The molecule has 0 aliphatic carbocycles. The van der Waals surface area contributed by atoms with E-state index in [1.54, 1.807) is 9.80 Å². The van der Waals surface area contributed by atoms with Crippen LogP contribution in [-0.2, 0) is 16.1 Å². The first kappa shape index (κ1) is 21.1. The Morgan fingerprint density at radius 2 is 1.86 bits per heavy atom. The predicted octanol–water partition coefficient (Wildman–Crippen LogP) is 3.49. The van der Waals surface area contributed by atoms with Gasteiger partial charge < -0.3 is 14.9 Å². The van der Waals surface area contributed by atoms with Crippen molar-refractivity contribution in [3.63, 3.8) is 0 Å². The van der Waals surface area contributed by atoms with Crippen LogP contribution in [0.3, 0.4) is 0 Å². The summed E-state index contributed by atoms with van der Waals surface area (Å²) in [7, 11) is 0. The highest BCUT2D eigenvalue weighted by molar-refractivity contribution is 6.00. The van der Waals surface area contributed by atoms with E-state index >= 15 is 0 Å². The molecule has 0 radical (unpaired) electrons. The molecule has 154 valence electrons. The maximum Gasteiger partial charge on any atom is 0.228 e. The largest absolute Gasteiger partial charge is 0.395 e. The van der Waals surface area contributed by atoms with Crippen LogP contribution in [0.15, 0.2) is 48.5 Å². The smallest absolute Gasteiger partial charge is 0.228 e. The van der Waals surface area contributed by atoms with Gasteiger partial charge in [-0.25, -0.2) is 0 Å².